The molecule has 7 nitrogen and oxygen atoms in total. The average Bonchev–Trinajstić information content (AvgIpc) is 3.35. The van der Waals surface area contributed by atoms with Crippen LogP contribution in [0.4, 0.5) is 5.69 Å². The third kappa shape index (κ3) is 4.17. The third-order valence-electron chi connectivity index (χ3n) is 5.22. The van der Waals surface area contributed by atoms with Gasteiger partial charge in [0.05, 0.1) is 24.1 Å². The number of rotatable bonds is 4. The maximum absolute atomic E-state index is 12.9. The minimum atomic E-state index is -0.364. The molecule has 2 fully saturated rings. The molecule has 2 aromatic rings. The van der Waals surface area contributed by atoms with Crippen LogP contribution in [0.3, 0.4) is 0 Å². The highest BCUT2D eigenvalue weighted by Gasteiger charge is 2.39. The minimum absolute atomic E-state index is 0.0281. The standard InChI is InChI=1S/C21H19ClN4O3/c22-16-1-3-17(4-2-16)26-12-15(10-20(26)27)21(28)25-8-6-18(13-25)29-19-9-14(11-23)5-7-24-19/h1-5,7,9,15,18H,6,8,10,12-13H2. The number of hydrogen-bond donors (Lipinski definition) is 0. The Morgan fingerprint density at radius 1 is 1.24 bits per heavy atom. The first-order chi connectivity index (χ1) is 14.0. The summed E-state index contributed by atoms with van der Waals surface area (Å²) in [5.74, 6) is -0.0693. The van der Waals surface area contributed by atoms with Crippen molar-refractivity contribution in [3.8, 4) is 11.9 Å². The van der Waals surface area contributed by atoms with Crippen LogP contribution < -0.4 is 9.64 Å². The highest BCUT2D eigenvalue weighted by Crippen LogP contribution is 2.28. The van der Waals surface area contributed by atoms with Crippen molar-refractivity contribution in [3.63, 3.8) is 0 Å². The predicted molar refractivity (Wildman–Crippen MR) is 106 cm³/mol. The van der Waals surface area contributed by atoms with E-state index in [2.05, 4.69) is 11.1 Å². The SMILES string of the molecule is N#Cc1ccnc(OC2CCN(C(=O)C3CC(=O)N(c4ccc(Cl)cc4)C3)C2)c1. The van der Waals surface area contributed by atoms with Crippen LogP contribution >= 0.6 is 11.6 Å². The maximum Gasteiger partial charge on any atom is 0.228 e. The molecule has 3 heterocycles. The van der Waals surface area contributed by atoms with Gasteiger partial charge in [-0.15, -0.1) is 0 Å². The monoisotopic (exact) mass is 410 g/mol. The fourth-order valence-electron chi connectivity index (χ4n) is 3.74. The molecule has 1 aromatic heterocycles. The second-order valence-electron chi connectivity index (χ2n) is 7.19. The van der Waals surface area contributed by atoms with Crippen molar-refractivity contribution in [2.24, 2.45) is 5.92 Å². The first-order valence-corrected chi connectivity index (χ1v) is 9.79. The van der Waals surface area contributed by atoms with Gasteiger partial charge in [0.15, 0.2) is 0 Å². The molecule has 2 aliphatic heterocycles. The molecule has 0 aliphatic carbocycles. The lowest BCUT2D eigenvalue weighted by Crippen LogP contribution is -2.37. The number of benzene rings is 1. The first kappa shape index (κ1) is 19.2. The Hall–Kier alpha value is -3.11. The Labute approximate surface area is 173 Å². The largest absolute Gasteiger partial charge is 0.472 e. The van der Waals surface area contributed by atoms with E-state index in [1.807, 2.05) is 0 Å². The molecule has 1 aromatic carbocycles. The van der Waals surface area contributed by atoms with Gasteiger partial charge >= 0.3 is 0 Å². The molecule has 2 atom stereocenters. The van der Waals surface area contributed by atoms with Gasteiger partial charge in [0, 0.05) is 48.9 Å². The van der Waals surface area contributed by atoms with Crippen molar-refractivity contribution in [2.45, 2.75) is 18.9 Å². The quantitative estimate of drug-likeness (QED) is 0.773. The van der Waals surface area contributed by atoms with Gasteiger partial charge < -0.3 is 14.5 Å². The summed E-state index contributed by atoms with van der Waals surface area (Å²) in [6.45, 7) is 1.39. The number of ether oxygens (including phenoxy) is 1. The zero-order valence-corrected chi connectivity index (χ0v) is 16.4. The van der Waals surface area contributed by atoms with Crippen LogP contribution in [0, 0.1) is 17.2 Å². The van der Waals surface area contributed by atoms with Crippen LogP contribution in [-0.4, -0.2) is 47.4 Å². The Morgan fingerprint density at radius 3 is 2.79 bits per heavy atom. The van der Waals surface area contributed by atoms with Crippen LogP contribution in [-0.2, 0) is 9.59 Å². The van der Waals surface area contributed by atoms with Crippen molar-refractivity contribution in [2.75, 3.05) is 24.5 Å². The highest BCUT2D eigenvalue weighted by atomic mass is 35.5. The summed E-state index contributed by atoms with van der Waals surface area (Å²) in [7, 11) is 0. The Balaban J connectivity index is 1.36. The van der Waals surface area contributed by atoms with E-state index in [1.54, 1.807) is 46.2 Å². The number of nitriles is 1. The lowest BCUT2D eigenvalue weighted by Gasteiger charge is -2.21. The summed E-state index contributed by atoms with van der Waals surface area (Å²) in [6, 6.07) is 12.3. The van der Waals surface area contributed by atoms with Gasteiger partial charge in [0.25, 0.3) is 0 Å². The molecule has 0 N–H and O–H groups in total. The number of hydrogen-bond acceptors (Lipinski definition) is 5. The van der Waals surface area contributed by atoms with Crippen molar-refractivity contribution in [1.29, 1.82) is 5.26 Å². The van der Waals surface area contributed by atoms with Crippen molar-refractivity contribution in [3.05, 3.63) is 53.2 Å². The molecule has 2 amide bonds. The molecule has 29 heavy (non-hydrogen) atoms. The van der Waals surface area contributed by atoms with Crippen LogP contribution in [0.15, 0.2) is 42.6 Å². The smallest absolute Gasteiger partial charge is 0.228 e. The van der Waals surface area contributed by atoms with Gasteiger partial charge in [-0.3, -0.25) is 9.59 Å². The number of aromatic nitrogens is 1. The van der Waals surface area contributed by atoms with E-state index in [-0.39, 0.29) is 30.3 Å². The van der Waals surface area contributed by atoms with Gasteiger partial charge in [-0.05, 0) is 30.3 Å². The second-order valence-corrected chi connectivity index (χ2v) is 7.63. The molecule has 4 rings (SSSR count). The number of carbonyl (C=O) groups is 2. The van der Waals surface area contributed by atoms with E-state index in [0.29, 0.717) is 42.5 Å². The maximum atomic E-state index is 12.9. The molecule has 0 saturated carbocycles. The highest BCUT2D eigenvalue weighted by molar-refractivity contribution is 6.30. The normalized spacial score (nSPS) is 21.3. The first-order valence-electron chi connectivity index (χ1n) is 9.41. The molecule has 0 radical (unpaired) electrons. The zero-order valence-electron chi connectivity index (χ0n) is 15.6. The molecule has 2 saturated heterocycles. The van der Waals surface area contributed by atoms with Crippen molar-refractivity contribution < 1.29 is 14.3 Å². The molecule has 0 spiro atoms. The Morgan fingerprint density at radius 2 is 2.03 bits per heavy atom. The van der Waals surface area contributed by atoms with Crippen LogP contribution in [0.25, 0.3) is 0 Å². The average molecular weight is 411 g/mol. The number of halogens is 1. The number of anilines is 1. The molecule has 2 unspecified atom stereocenters. The summed E-state index contributed by atoms with van der Waals surface area (Å²) < 4.78 is 5.84. The third-order valence-corrected chi connectivity index (χ3v) is 5.47. The number of amides is 2. The van der Waals surface area contributed by atoms with E-state index in [9.17, 15) is 9.59 Å². The fraction of sp³-hybridized carbons (Fsp3) is 0.333. The topological polar surface area (TPSA) is 86.5 Å². The molecule has 8 heteroatoms. The summed E-state index contributed by atoms with van der Waals surface area (Å²) >= 11 is 5.91. The summed E-state index contributed by atoms with van der Waals surface area (Å²) in [5, 5.41) is 9.58. The van der Waals surface area contributed by atoms with E-state index in [4.69, 9.17) is 21.6 Å². The van der Waals surface area contributed by atoms with E-state index in [0.717, 1.165) is 5.69 Å². The molecular formula is C21H19ClN4O3. The number of carbonyl (C=O) groups excluding carboxylic acids is 2. The Kier molecular flexibility index (Phi) is 5.36. The van der Waals surface area contributed by atoms with Gasteiger partial charge in [-0.2, -0.15) is 5.26 Å². The van der Waals surface area contributed by atoms with Gasteiger partial charge in [-0.1, -0.05) is 11.6 Å². The molecule has 0 bridgehead atoms. The predicted octanol–water partition coefficient (Wildman–Crippen LogP) is 2.64. The van der Waals surface area contributed by atoms with E-state index in [1.165, 1.54) is 6.20 Å². The van der Waals surface area contributed by atoms with Crippen molar-refractivity contribution in [1.82, 2.24) is 9.88 Å². The zero-order chi connectivity index (χ0) is 20.4. The number of nitrogens with zero attached hydrogens (tertiary/aromatic N) is 4. The number of pyridine rings is 1. The fourth-order valence-corrected chi connectivity index (χ4v) is 3.87. The van der Waals surface area contributed by atoms with Crippen LogP contribution in [0.5, 0.6) is 5.88 Å². The van der Waals surface area contributed by atoms with E-state index >= 15 is 0 Å². The lowest BCUT2D eigenvalue weighted by atomic mass is 10.1. The van der Waals surface area contributed by atoms with Crippen molar-refractivity contribution >= 4 is 29.1 Å². The summed E-state index contributed by atoms with van der Waals surface area (Å²) in [5.41, 5.74) is 1.23. The lowest BCUT2D eigenvalue weighted by molar-refractivity contribution is -0.135. The molecular weight excluding hydrogens is 392 g/mol. The molecule has 148 valence electrons. The second kappa shape index (κ2) is 8.10. The Bertz CT molecular complexity index is 973. The molecule has 2 aliphatic rings. The summed E-state index contributed by atoms with van der Waals surface area (Å²) in [6.07, 6.45) is 2.24. The van der Waals surface area contributed by atoms with Gasteiger partial charge in [0.2, 0.25) is 17.7 Å². The minimum Gasteiger partial charge on any atom is -0.472 e. The van der Waals surface area contributed by atoms with Crippen LogP contribution in [0.2, 0.25) is 5.02 Å². The van der Waals surface area contributed by atoms with E-state index < -0.39 is 0 Å². The van der Waals surface area contributed by atoms with Gasteiger partial charge in [0.1, 0.15) is 6.10 Å². The summed E-state index contributed by atoms with van der Waals surface area (Å²) in [4.78, 5) is 32.9. The van der Waals surface area contributed by atoms with Gasteiger partial charge in [-0.25, -0.2) is 4.98 Å². The van der Waals surface area contributed by atoms with Crippen LogP contribution in [0.1, 0.15) is 18.4 Å². The number of likely N-dealkylation sites (tertiary alicyclic amines) is 1.